The normalized spacial score (nSPS) is 17.1. The van der Waals surface area contributed by atoms with Crippen molar-refractivity contribution in [2.45, 2.75) is 26.3 Å². The summed E-state index contributed by atoms with van der Waals surface area (Å²) in [4.78, 5) is 26.5. The summed E-state index contributed by atoms with van der Waals surface area (Å²) in [6.07, 6.45) is 1.14. The summed E-state index contributed by atoms with van der Waals surface area (Å²) in [5, 5.41) is 2.94. The van der Waals surface area contributed by atoms with Crippen LogP contribution in [0.25, 0.3) is 0 Å². The van der Waals surface area contributed by atoms with E-state index in [0.29, 0.717) is 13.1 Å². The van der Waals surface area contributed by atoms with Gasteiger partial charge in [-0.25, -0.2) is 0 Å². The van der Waals surface area contributed by atoms with Gasteiger partial charge in [-0.1, -0.05) is 55.5 Å². The Kier molecular flexibility index (Phi) is 4.94. The van der Waals surface area contributed by atoms with Crippen molar-refractivity contribution in [2.75, 3.05) is 11.4 Å². The maximum atomic E-state index is 12.4. The zero-order valence-corrected chi connectivity index (χ0v) is 13.9. The van der Waals surface area contributed by atoms with Gasteiger partial charge >= 0.3 is 0 Å². The summed E-state index contributed by atoms with van der Waals surface area (Å²) in [7, 11) is 0. The topological polar surface area (TPSA) is 49.4 Å². The maximum Gasteiger partial charge on any atom is 0.227 e. The molecule has 2 amide bonds. The first-order valence-corrected chi connectivity index (χ1v) is 8.39. The van der Waals surface area contributed by atoms with Crippen molar-refractivity contribution in [1.82, 2.24) is 5.32 Å². The molecule has 2 aromatic carbocycles. The maximum absolute atomic E-state index is 12.4. The number of aryl methyl sites for hydroxylation is 1. The van der Waals surface area contributed by atoms with E-state index in [4.69, 9.17) is 0 Å². The third kappa shape index (κ3) is 3.48. The van der Waals surface area contributed by atoms with Crippen LogP contribution in [0.1, 0.15) is 24.5 Å². The van der Waals surface area contributed by atoms with Crippen molar-refractivity contribution in [1.29, 1.82) is 0 Å². The highest BCUT2D eigenvalue weighted by atomic mass is 16.2. The van der Waals surface area contributed by atoms with Gasteiger partial charge < -0.3 is 10.2 Å². The molecule has 1 aliphatic heterocycles. The van der Waals surface area contributed by atoms with Crippen LogP contribution in [0, 0.1) is 5.92 Å². The van der Waals surface area contributed by atoms with Crippen LogP contribution >= 0.6 is 0 Å². The lowest BCUT2D eigenvalue weighted by atomic mass is 10.1. The number of hydrogen-bond donors (Lipinski definition) is 1. The molecule has 0 aromatic heterocycles. The molecule has 24 heavy (non-hydrogen) atoms. The Labute approximate surface area is 142 Å². The van der Waals surface area contributed by atoms with Crippen LogP contribution < -0.4 is 10.2 Å². The third-order valence-electron chi connectivity index (χ3n) is 4.47. The van der Waals surface area contributed by atoms with E-state index in [1.165, 1.54) is 0 Å². The Balaban J connectivity index is 1.65. The molecule has 0 bridgehead atoms. The number of nitrogens with zero attached hydrogens (tertiary/aromatic N) is 1. The summed E-state index contributed by atoms with van der Waals surface area (Å²) in [6.45, 7) is 3.02. The minimum atomic E-state index is -0.286. The highest BCUT2D eigenvalue weighted by Crippen LogP contribution is 2.28. The van der Waals surface area contributed by atoms with E-state index in [2.05, 4.69) is 12.2 Å². The van der Waals surface area contributed by atoms with E-state index in [9.17, 15) is 9.59 Å². The molecular weight excluding hydrogens is 300 g/mol. The molecule has 3 rings (SSSR count). The van der Waals surface area contributed by atoms with Gasteiger partial charge in [0.1, 0.15) is 0 Å². The third-order valence-corrected chi connectivity index (χ3v) is 4.47. The highest BCUT2D eigenvalue weighted by molar-refractivity contribution is 6.00. The standard InChI is InChI=1S/C20H22N2O2/c1-2-16-10-6-7-11-18(16)22-14-17(12-19(22)23)20(24)21-13-15-8-4-3-5-9-15/h3-11,17H,2,12-14H2,1H3,(H,21,24)/t17-/m1/s1. The quantitative estimate of drug-likeness (QED) is 0.920. The molecule has 1 aliphatic rings. The Morgan fingerprint density at radius 3 is 2.58 bits per heavy atom. The monoisotopic (exact) mass is 322 g/mol. The average Bonchev–Trinajstić information content (AvgIpc) is 3.02. The number of amides is 2. The molecule has 1 saturated heterocycles. The predicted octanol–water partition coefficient (Wildman–Crippen LogP) is 2.92. The summed E-state index contributed by atoms with van der Waals surface area (Å²) < 4.78 is 0. The van der Waals surface area contributed by atoms with Crippen LogP contribution in [-0.4, -0.2) is 18.4 Å². The summed E-state index contributed by atoms with van der Waals surface area (Å²) >= 11 is 0. The van der Waals surface area contributed by atoms with Crippen LogP contribution in [0.3, 0.4) is 0 Å². The van der Waals surface area contributed by atoms with Crippen molar-refractivity contribution in [2.24, 2.45) is 5.92 Å². The molecule has 124 valence electrons. The smallest absolute Gasteiger partial charge is 0.227 e. The van der Waals surface area contributed by atoms with Crippen LogP contribution in [0.5, 0.6) is 0 Å². The fraction of sp³-hybridized carbons (Fsp3) is 0.300. The van der Waals surface area contributed by atoms with Gasteiger partial charge in [-0.05, 0) is 23.6 Å². The fourth-order valence-electron chi connectivity index (χ4n) is 3.12. The largest absolute Gasteiger partial charge is 0.352 e. The number of hydrogen-bond acceptors (Lipinski definition) is 2. The zero-order valence-electron chi connectivity index (χ0n) is 13.9. The van der Waals surface area contributed by atoms with Crippen LogP contribution in [-0.2, 0) is 22.6 Å². The van der Waals surface area contributed by atoms with E-state index in [-0.39, 0.29) is 24.2 Å². The highest BCUT2D eigenvalue weighted by Gasteiger charge is 2.35. The van der Waals surface area contributed by atoms with Gasteiger partial charge in [0.2, 0.25) is 11.8 Å². The number of anilines is 1. The molecule has 0 spiro atoms. The minimum Gasteiger partial charge on any atom is -0.352 e. The molecule has 1 heterocycles. The summed E-state index contributed by atoms with van der Waals surface area (Å²) in [6, 6.07) is 17.7. The molecule has 0 unspecified atom stereocenters. The van der Waals surface area contributed by atoms with Gasteiger partial charge in [0.05, 0.1) is 5.92 Å². The SMILES string of the molecule is CCc1ccccc1N1C[C@H](C(=O)NCc2ccccc2)CC1=O. The van der Waals surface area contributed by atoms with Gasteiger partial charge in [0, 0.05) is 25.2 Å². The lowest BCUT2D eigenvalue weighted by molar-refractivity contribution is -0.126. The number of para-hydroxylation sites is 1. The molecule has 1 atom stereocenters. The minimum absolute atomic E-state index is 0.0239. The van der Waals surface area contributed by atoms with E-state index >= 15 is 0 Å². The number of carbonyl (C=O) groups excluding carboxylic acids is 2. The van der Waals surface area contributed by atoms with Crippen LogP contribution in [0.15, 0.2) is 54.6 Å². The molecule has 2 aromatic rings. The first kappa shape index (κ1) is 16.2. The number of nitrogens with one attached hydrogen (secondary N) is 1. The lowest BCUT2D eigenvalue weighted by Gasteiger charge is -2.20. The van der Waals surface area contributed by atoms with Gasteiger partial charge in [0.25, 0.3) is 0 Å². The van der Waals surface area contributed by atoms with Gasteiger partial charge in [-0.3, -0.25) is 9.59 Å². The molecule has 1 fully saturated rings. The van der Waals surface area contributed by atoms with Crippen LogP contribution in [0.4, 0.5) is 5.69 Å². The number of rotatable bonds is 5. The molecule has 0 saturated carbocycles. The van der Waals surface area contributed by atoms with Crippen molar-refractivity contribution in [3.05, 3.63) is 65.7 Å². The average molecular weight is 322 g/mol. The Morgan fingerprint density at radius 1 is 1.12 bits per heavy atom. The van der Waals surface area contributed by atoms with Crippen molar-refractivity contribution in [3.63, 3.8) is 0 Å². The van der Waals surface area contributed by atoms with Crippen molar-refractivity contribution >= 4 is 17.5 Å². The Bertz CT molecular complexity index is 727. The van der Waals surface area contributed by atoms with E-state index in [1.54, 1.807) is 4.90 Å². The fourth-order valence-corrected chi connectivity index (χ4v) is 3.12. The molecule has 4 heteroatoms. The van der Waals surface area contributed by atoms with E-state index < -0.39 is 0 Å². The van der Waals surface area contributed by atoms with E-state index in [1.807, 2.05) is 54.6 Å². The predicted molar refractivity (Wildman–Crippen MR) is 94.6 cm³/mol. The number of benzene rings is 2. The first-order valence-electron chi connectivity index (χ1n) is 8.39. The second kappa shape index (κ2) is 7.30. The Morgan fingerprint density at radius 2 is 1.83 bits per heavy atom. The van der Waals surface area contributed by atoms with Crippen LogP contribution in [0.2, 0.25) is 0 Å². The van der Waals surface area contributed by atoms with E-state index in [0.717, 1.165) is 23.2 Å². The Hall–Kier alpha value is -2.62. The first-order chi connectivity index (χ1) is 11.7. The molecular formula is C20H22N2O2. The van der Waals surface area contributed by atoms with Gasteiger partial charge in [-0.2, -0.15) is 0 Å². The second-order valence-corrected chi connectivity index (χ2v) is 6.09. The molecule has 0 radical (unpaired) electrons. The second-order valence-electron chi connectivity index (χ2n) is 6.09. The van der Waals surface area contributed by atoms with Gasteiger partial charge in [0.15, 0.2) is 0 Å². The molecule has 0 aliphatic carbocycles. The molecule has 1 N–H and O–H groups in total. The zero-order chi connectivity index (χ0) is 16.9. The summed E-state index contributed by atoms with van der Waals surface area (Å²) in [5.41, 5.74) is 3.13. The lowest BCUT2D eigenvalue weighted by Crippen LogP contribution is -2.32. The molecule has 4 nitrogen and oxygen atoms in total. The summed E-state index contributed by atoms with van der Waals surface area (Å²) in [5.74, 6) is -0.314. The van der Waals surface area contributed by atoms with Crippen molar-refractivity contribution in [3.8, 4) is 0 Å². The number of carbonyl (C=O) groups is 2. The van der Waals surface area contributed by atoms with Crippen molar-refractivity contribution < 1.29 is 9.59 Å². The van der Waals surface area contributed by atoms with Gasteiger partial charge in [-0.15, -0.1) is 0 Å².